The lowest BCUT2D eigenvalue weighted by atomic mass is 10.2. The van der Waals surface area contributed by atoms with Crippen LogP contribution < -0.4 is 5.32 Å². The van der Waals surface area contributed by atoms with E-state index in [9.17, 15) is 14.4 Å². The second-order valence-electron chi connectivity index (χ2n) is 3.56. The molecule has 1 rings (SSSR count). The van der Waals surface area contributed by atoms with E-state index in [1.165, 1.54) is 6.08 Å². The molecule has 0 radical (unpaired) electrons. The minimum absolute atomic E-state index is 0.164. The van der Waals surface area contributed by atoms with Gasteiger partial charge in [-0.25, -0.2) is 0 Å². The number of nitrogens with zero attached hydrogens (tertiary/aromatic N) is 1. The van der Waals surface area contributed by atoms with Gasteiger partial charge in [0.05, 0.1) is 0 Å². The van der Waals surface area contributed by atoms with Crippen LogP contribution in [0.5, 0.6) is 0 Å². The molecule has 6 heteroatoms. The number of amides is 2. The first kappa shape index (κ1) is 12.2. The maximum atomic E-state index is 11.8. The molecule has 1 atom stereocenters. The van der Waals surface area contributed by atoms with Gasteiger partial charge in [-0.3, -0.25) is 14.4 Å². The molecule has 0 spiro atoms. The topological polar surface area (TPSA) is 86.7 Å². The molecule has 1 heterocycles. The van der Waals surface area contributed by atoms with Crippen molar-refractivity contribution in [2.45, 2.75) is 18.9 Å². The van der Waals surface area contributed by atoms with E-state index in [0.717, 1.165) is 4.90 Å². The Kier molecular flexibility index (Phi) is 4.04. The fourth-order valence-corrected chi connectivity index (χ4v) is 1.57. The van der Waals surface area contributed by atoms with Gasteiger partial charge in [0.15, 0.2) is 0 Å². The molecule has 1 aliphatic heterocycles. The molecule has 0 aliphatic carbocycles. The first-order valence-electron chi connectivity index (χ1n) is 4.95. The Morgan fingerprint density at radius 2 is 2.31 bits per heavy atom. The van der Waals surface area contributed by atoms with E-state index < -0.39 is 12.0 Å². The van der Waals surface area contributed by atoms with E-state index in [1.54, 1.807) is 0 Å². The molecule has 0 aromatic carbocycles. The summed E-state index contributed by atoms with van der Waals surface area (Å²) in [6, 6.07) is -0.591. The van der Waals surface area contributed by atoms with Crippen molar-refractivity contribution in [1.29, 1.82) is 0 Å². The highest BCUT2D eigenvalue weighted by Crippen LogP contribution is 2.09. The Balaban J connectivity index is 2.62. The summed E-state index contributed by atoms with van der Waals surface area (Å²) in [6.07, 6.45) is 2.19. The van der Waals surface area contributed by atoms with Crippen molar-refractivity contribution >= 4 is 17.8 Å². The maximum absolute atomic E-state index is 11.8. The number of carboxylic acid groups (broad SMARTS) is 1. The van der Waals surface area contributed by atoms with Crippen molar-refractivity contribution in [3.8, 4) is 0 Å². The van der Waals surface area contributed by atoms with Gasteiger partial charge in [0, 0.05) is 13.0 Å². The summed E-state index contributed by atoms with van der Waals surface area (Å²) in [5.74, 6) is -1.63. The van der Waals surface area contributed by atoms with E-state index in [0.29, 0.717) is 12.8 Å². The summed E-state index contributed by atoms with van der Waals surface area (Å²) >= 11 is 0. The maximum Gasteiger partial charge on any atom is 0.323 e. The van der Waals surface area contributed by atoms with Gasteiger partial charge in [-0.05, 0) is 6.42 Å². The standard InChI is InChI=1S/C10H14N2O4/c1-2-5-12(6-9(14)15)10(16)7-3-4-8(13)11-7/h2,7H,1,3-6H2,(H,11,13)(H,14,15)/t7-/m0/s1. The normalized spacial score (nSPS) is 19.0. The van der Waals surface area contributed by atoms with Gasteiger partial charge in [0.1, 0.15) is 12.6 Å². The molecule has 2 N–H and O–H groups in total. The summed E-state index contributed by atoms with van der Waals surface area (Å²) in [6.45, 7) is 3.24. The molecule has 1 aliphatic rings. The summed E-state index contributed by atoms with van der Waals surface area (Å²) in [7, 11) is 0. The Labute approximate surface area is 92.9 Å². The molecule has 0 unspecified atom stereocenters. The SMILES string of the molecule is C=CCN(CC(=O)O)C(=O)[C@@H]1CCC(=O)N1. The molecule has 6 nitrogen and oxygen atoms in total. The fraction of sp³-hybridized carbons (Fsp3) is 0.500. The number of nitrogens with one attached hydrogen (secondary N) is 1. The Morgan fingerprint density at radius 1 is 1.62 bits per heavy atom. The van der Waals surface area contributed by atoms with Crippen molar-refractivity contribution < 1.29 is 19.5 Å². The predicted octanol–water partition coefficient (Wildman–Crippen LogP) is -0.636. The molecular weight excluding hydrogens is 212 g/mol. The lowest BCUT2D eigenvalue weighted by molar-refractivity contribution is -0.144. The van der Waals surface area contributed by atoms with E-state index in [4.69, 9.17) is 5.11 Å². The van der Waals surface area contributed by atoms with Crippen molar-refractivity contribution in [3.05, 3.63) is 12.7 Å². The van der Waals surface area contributed by atoms with E-state index in [1.807, 2.05) is 0 Å². The molecule has 0 bridgehead atoms. The molecule has 0 aromatic rings. The highest BCUT2D eigenvalue weighted by molar-refractivity contribution is 5.92. The first-order valence-corrected chi connectivity index (χ1v) is 4.95. The van der Waals surface area contributed by atoms with E-state index in [2.05, 4.69) is 11.9 Å². The van der Waals surface area contributed by atoms with E-state index >= 15 is 0 Å². The van der Waals surface area contributed by atoms with Crippen LogP contribution in [0.4, 0.5) is 0 Å². The van der Waals surface area contributed by atoms with Crippen LogP contribution >= 0.6 is 0 Å². The number of hydrogen-bond acceptors (Lipinski definition) is 3. The molecule has 0 saturated carbocycles. The van der Waals surface area contributed by atoms with Gasteiger partial charge in [-0.15, -0.1) is 6.58 Å². The molecule has 1 saturated heterocycles. The van der Waals surface area contributed by atoms with Gasteiger partial charge >= 0.3 is 5.97 Å². The lowest BCUT2D eigenvalue weighted by Gasteiger charge is -2.22. The predicted molar refractivity (Wildman–Crippen MR) is 55.6 cm³/mol. The molecular formula is C10H14N2O4. The zero-order chi connectivity index (χ0) is 12.1. The summed E-state index contributed by atoms with van der Waals surface area (Å²) in [5, 5.41) is 11.1. The second-order valence-corrected chi connectivity index (χ2v) is 3.56. The van der Waals surface area contributed by atoms with Crippen LogP contribution in [0, 0.1) is 0 Å². The fourth-order valence-electron chi connectivity index (χ4n) is 1.57. The molecule has 2 amide bonds. The van der Waals surface area contributed by atoms with Crippen LogP contribution in [0.2, 0.25) is 0 Å². The van der Waals surface area contributed by atoms with Crippen LogP contribution in [0.25, 0.3) is 0 Å². The Morgan fingerprint density at radius 3 is 2.75 bits per heavy atom. The van der Waals surface area contributed by atoms with Gasteiger partial charge < -0.3 is 15.3 Å². The zero-order valence-corrected chi connectivity index (χ0v) is 8.81. The van der Waals surface area contributed by atoms with Crippen molar-refractivity contribution in [2.24, 2.45) is 0 Å². The summed E-state index contributed by atoms with van der Waals surface area (Å²) in [4.78, 5) is 34.5. The molecule has 16 heavy (non-hydrogen) atoms. The van der Waals surface area contributed by atoms with Crippen molar-refractivity contribution in [3.63, 3.8) is 0 Å². The number of carboxylic acids is 1. The van der Waals surface area contributed by atoms with Crippen LogP contribution in [-0.2, 0) is 14.4 Å². The van der Waals surface area contributed by atoms with Gasteiger partial charge in [-0.1, -0.05) is 6.08 Å². The molecule has 0 aromatic heterocycles. The highest BCUT2D eigenvalue weighted by atomic mass is 16.4. The quantitative estimate of drug-likeness (QED) is 0.611. The van der Waals surface area contributed by atoms with Gasteiger partial charge in [0.25, 0.3) is 0 Å². The molecule has 1 fully saturated rings. The van der Waals surface area contributed by atoms with Crippen molar-refractivity contribution in [1.82, 2.24) is 10.2 Å². The number of hydrogen-bond donors (Lipinski definition) is 2. The molecule has 88 valence electrons. The zero-order valence-electron chi connectivity index (χ0n) is 8.81. The minimum atomic E-state index is -1.08. The van der Waals surface area contributed by atoms with Crippen LogP contribution in [0.1, 0.15) is 12.8 Å². The van der Waals surface area contributed by atoms with Gasteiger partial charge in [0.2, 0.25) is 11.8 Å². The third-order valence-electron chi connectivity index (χ3n) is 2.28. The Hall–Kier alpha value is -1.85. The largest absolute Gasteiger partial charge is 0.480 e. The van der Waals surface area contributed by atoms with E-state index in [-0.39, 0.29) is 24.9 Å². The lowest BCUT2D eigenvalue weighted by Crippen LogP contribution is -2.46. The first-order chi connectivity index (χ1) is 7.54. The number of aliphatic carboxylic acids is 1. The number of carbonyl (C=O) groups is 3. The van der Waals surface area contributed by atoms with Crippen molar-refractivity contribution in [2.75, 3.05) is 13.1 Å². The third kappa shape index (κ3) is 3.08. The summed E-state index contributed by atoms with van der Waals surface area (Å²) in [5.41, 5.74) is 0. The van der Waals surface area contributed by atoms with Crippen LogP contribution in [0.3, 0.4) is 0 Å². The number of carbonyl (C=O) groups excluding carboxylic acids is 2. The average molecular weight is 226 g/mol. The monoisotopic (exact) mass is 226 g/mol. The Bertz CT molecular complexity index is 327. The average Bonchev–Trinajstić information content (AvgIpc) is 2.62. The van der Waals surface area contributed by atoms with Crippen LogP contribution in [0.15, 0.2) is 12.7 Å². The highest BCUT2D eigenvalue weighted by Gasteiger charge is 2.30. The van der Waals surface area contributed by atoms with Gasteiger partial charge in [-0.2, -0.15) is 0 Å². The summed E-state index contributed by atoms with van der Waals surface area (Å²) < 4.78 is 0. The minimum Gasteiger partial charge on any atom is -0.480 e. The smallest absolute Gasteiger partial charge is 0.323 e. The number of rotatable bonds is 5. The van der Waals surface area contributed by atoms with Crippen LogP contribution in [-0.4, -0.2) is 46.9 Å². The third-order valence-corrected chi connectivity index (χ3v) is 2.28. The second kappa shape index (κ2) is 5.29.